The third-order valence-electron chi connectivity index (χ3n) is 3.03. The lowest BCUT2D eigenvalue weighted by atomic mass is 10.1. The summed E-state index contributed by atoms with van der Waals surface area (Å²) < 4.78 is 11.0. The van der Waals surface area contributed by atoms with E-state index >= 15 is 0 Å². The highest BCUT2D eigenvalue weighted by atomic mass is 32.2. The average Bonchev–Trinajstić information content (AvgIpc) is 2.63. The number of aromatic carboxylic acids is 1. The van der Waals surface area contributed by atoms with Gasteiger partial charge in [0.2, 0.25) is 0 Å². The third kappa shape index (κ3) is 2.62. The molecule has 20 heavy (non-hydrogen) atoms. The molecule has 0 aliphatic carbocycles. The van der Waals surface area contributed by atoms with E-state index in [2.05, 4.69) is 0 Å². The summed E-state index contributed by atoms with van der Waals surface area (Å²) in [5, 5.41) is 8.89. The molecule has 0 fully saturated rings. The Labute approximate surface area is 117 Å². The Bertz CT molecular complexity index is 625. The number of hydrogen-bond donors (Lipinski definition) is 1. The Kier molecular flexibility index (Phi) is 3.99. The SMILES string of the molecule is CS(=O)CCCN1C(=O)c2ccc(C(=O)O)cc2C1=O. The smallest absolute Gasteiger partial charge is 0.335 e. The van der Waals surface area contributed by atoms with Crippen LogP contribution in [0.5, 0.6) is 0 Å². The monoisotopic (exact) mass is 295 g/mol. The Hall–Kier alpha value is -2.02. The molecule has 1 aromatic carbocycles. The molecule has 1 heterocycles. The van der Waals surface area contributed by atoms with Crippen molar-refractivity contribution in [3.05, 3.63) is 34.9 Å². The van der Waals surface area contributed by atoms with Gasteiger partial charge in [0.1, 0.15) is 0 Å². The highest BCUT2D eigenvalue weighted by Gasteiger charge is 2.35. The van der Waals surface area contributed by atoms with Gasteiger partial charge in [-0.05, 0) is 24.6 Å². The second-order valence-corrected chi connectivity index (χ2v) is 6.01. The molecule has 0 saturated heterocycles. The maximum absolute atomic E-state index is 12.1. The van der Waals surface area contributed by atoms with Gasteiger partial charge in [-0.25, -0.2) is 4.79 Å². The number of imide groups is 1. The summed E-state index contributed by atoms with van der Waals surface area (Å²) in [5.41, 5.74) is 0.312. The van der Waals surface area contributed by atoms with Gasteiger partial charge >= 0.3 is 5.97 Å². The molecule has 0 aromatic heterocycles. The summed E-state index contributed by atoms with van der Waals surface area (Å²) in [4.78, 5) is 36.1. The van der Waals surface area contributed by atoms with Gasteiger partial charge < -0.3 is 5.11 Å². The molecule has 1 aromatic rings. The fourth-order valence-corrected chi connectivity index (χ4v) is 2.59. The van der Waals surface area contributed by atoms with Crippen molar-refractivity contribution in [2.24, 2.45) is 0 Å². The van der Waals surface area contributed by atoms with Crippen molar-refractivity contribution in [2.45, 2.75) is 6.42 Å². The number of nitrogens with zero attached hydrogens (tertiary/aromatic N) is 1. The number of carboxylic acid groups (broad SMARTS) is 1. The normalized spacial score (nSPS) is 15.3. The van der Waals surface area contributed by atoms with E-state index < -0.39 is 28.6 Å². The van der Waals surface area contributed by atoms with E-state index in [4.69, 9.17) is 5.11 Å². The predicted molar refractivity (Wildman–Crippen MR) is 72.3 cm³/mol. The van der Waals surface area contributed by atoms with Crippen molar-refractivity contribution < 1.29 is 23.7 Å². The molecule has 7 heteroatoms. The van der Waals surface area contributed by atoms with Crippen molar-refractivity contribution >= 4 is 28.6 Å². The molecule has 2 amide bonds. The van der Waals surface area contributed by atoms with Crippen molar-refractivity contribution in [3.63, 3.8) is 0 Å². The van der Waals surface area contributed by atoms with Gasteiger partial charge in [0.15, 0.2) is 0 Å². The summed E-state index contributed by atoms with van der Waals surface area (Å²) in [6.45, 7) is 0.189. The van der Waals surface area contributed by atoms with Crippen LogP contribution in [0.2, 0.25) is 0 Å². The Morgan fingerprint density at radius 3 is 2.50 bits per heavy atom. The molecule has 1 unspecified atom stereocenters. The van der Waals surface area contributed by atoms with Gasteiger partial charge in [-0.2, -0.15) is 0 Å². The van der Waals surface area contributed by atoms with Gasteiger partial charge in [-0.15, -0.1) is 0 Å². The Morgan fingerprint density at radius 1 is 1.25 bits per heavy atom. The minimum Gasteiger partial charge on any atom is -0.478 e. The average molecular weight is 295 g/mol. The van der Waals surface area contributed by atoms with Gasteiger partial charge in [-0.1, -0.05) is 0 Å². The first-order valence-corrected chi connectivity index (χ1v) is 7.68. The van der Waals surface area contributed by atoms with Gasteiger partial charge in [-0.3, -0.25) is 18.7 Å². The van der Waals surface area contributed by atoms with Crippen LogP contribution in [-0.2, 0) is 10.8 Å². The number of amides is 2. The topological polar surface area (TPSA) is 91.8 Å². The number of carboxylic acids is 1. The first kappa shape index (κ1) is 14.4. The lowest BCUT2D eigenvalue weighted by Crippen LogP contribution is -2.31. The van der Waals surface area contributed by atoms with Crippen molar-refractivity contribution in [1.29, 1.82) is 0 Å². The highest BCUT2D eigenvalue weighted by Crippen LogP contribution is 2.24. The van der Waals surface area contributed by atoms with Gasteiger partial charge in [0, 0.05) is 29.4 Å². The molecule has 106 valence electrons. The van der Waals surface area contributed by atoms with Crippen LogP contribution < -0.4 is 0 Å². The van der Waals surface area contributed by atoms with Crippen LogP contribution >= 0.6 is 0 Å². The molecule has 1 aliphatic rings. The molecule has 0 spiro atoms. The van der Waals surface area contributed by atoms with E-state index in [0.29, 0.717) is 12.2 Å². The van der Waals surface area contributed by atoms with Crippen LogP contribution in [0.4, 0.5) is 0 Å². The number of benzene rings is 1. The molecule has 6 nitrogen and oxygen atoms in total. The summed E-state index contributed by atoms with van der Waals surface area (Å²) in [6, 6.07) is 3.88. The maximum Gasteiger partial charge on any atom is 0.335 e. The second kappa shape index (κ2) is 5.54. The molecule has 1 atom stereocenters. The number of carbonyl (C=O) groups excluding carboxylic acids is 2. The van der Waals surface area contributed by atoms with E-state index in [9.17, 15) is 18.6 Å². The van der Waals surface area contributed by atoms with Crippen molar-refractivity contribution in [2.75, 3.05) is 18.6 Å². The third-order valence-corrected chi connectivity index (χ3v) is 3.89. The van der Waals surface area contributed by atoms with Crippen LogP contribution in [0.3, 0.4) is 0 Å². The van der Waals surface area contributed by atoms with Crippen LogP contribution in [0, 0.1) is 0 Å². The minimum atomic E-state index is -1.15. The van der Waals surface area contributed by atoms with Crippen LogP contribution in [0.15, 0.2) is 18.2 Å². The standard InChI is InChI=1S/C13H13NO5S/c1-20(19)6-2-5-14-11(15)9-4-3-8(13(17)18)7-10(9)12(14)16/h3-4,7H,2,5-6H2,1H3,(H,17,18). The molecule has 0 radical (unpaired) electrons. The molecule has 0 bridgehead atoms. The zero-order valence-electron chi connectivity index (χ0n) is 10.8. The number of rotatable bonds is 5. The quantitative estimate of drug-likeness (QED) is 0.809. The fraction of sp³-hybridized carbons (Fsp3) is 0.308. The lowest BCUT2D eigenvalue weighted by Gasteiger charge is -2.12. The summed E-state index contributed by atoms with van der Waals surface area (Å²) >= 11 is 0. The lowest BCUT2D eigenvalue weighted by molar-refractivity contribution is 0.0652. The molecule has 0 saturated carbocycles. The number of carbonyl (C=O) groups is 3. The highest BCUT2D eigenvalue weighted by molar-refractivity contribution is 7.84. The molecule has 2 rings (SSSR count). The first-order valence-electron chi connectivity index (χ1n) is 5.95. The van der Waals surface area contributed by atoms with E-state index in [1.165, 1.54) is 18.2 Å². The number of fused-ring (bicyclic) bond motifs is 1. The van der Waals surface area contributed by atoms with Gasteiger partial charge in [0.25, 0.3) is 11.8 Å². The molecular formula is C13H13NO5S. The van der Waals surface area contributed by atoms with Crippen LogP contribution in [0.25, 0.3) is 0 Å². The summed E-state index contributed by atoms with van der Waals surface area (Å²) in [5.74, 6) is -1.65. The van der Waals surface area contributed by atoms with Gasteiger partial charge in [0.05, 0.1) is 16.7 Å². The van der Waals surface area contributed by atoms with E-state index in [1.807, 2.05) is 0 Å². The van der Waals surface area contributed by atoms with Crippen LogP contribution in [-0.4, -0.2) is 50.6 Å². The Morgan fingerprint density at radius 2 is 1.90 bits per heavy atom. The molecular weight excluding hydrogens is 282 g/mol. The minimum absolute atomic E-state index is 0.0265. The fourth-order valence-electron chi connectivity index (χ4n) is 2.05. The van der Waals surface area contributed by atoms with E-state index in [0.717, 1.165) is 4.90 Å². The maximum atomic E-state index is 12.1. The zero-order valence-corrected chi connectivity index (χ0v) is 11.6. The molecule has 1 aliphatic heterocycles. The largest absolute Gasteiger partial charge is 0.478 e. The predicted octanol–water partition coefficient (Wildman–Crippen LogP) is 0.749. The van der Waals surface area contributed by atoms with E-state index in [-0.39, 0.29) is 23.2 Å². The Balaban J connectivity index is 2.21. The van der Waals surface area contributed by atoms with Crippen LogP contribution in [0.1, 0.15) is 37.5 Å². The summed E-state index contributed by atoms with van der Waals surface area (Å²) in [6.07, 6.45) is 2.02. The number of hydrogen-bond acceptors (Lipinski definition) is 4. The summed E-state index contributed by atoms with van der Waals surface area (Å²) in [7, 11) is -0.975. The second-order valence-electron chi connectivity index (χ2n) is 4.46. The van der Waals surface area contributed by atoms with E-state index in [1.54, 1.807) is 6.26 Å². The van der Waals surface area contributed by atoms with Crippen molar-refractivity contribution in [3.8, 4) is 0 Å². The first-order chi connectivity index (χ1) is 9.41. The zero-order chi connectivity index (χ0) is 14.9. The molecule has 1 N–H and O–H groups in total. The van der Waals surface area contributed by atoms with Crippen molar-refractivity contribution in [1.82, 2.24) is 4.90 Å².